The van der Waals surface area contributed by atoms with E-state index in [1.807, 2.05) is 0 Å². The molecule has 0 unspecified atom stereocenters. The summed E-state index contributed by atoms with van der Waals surface area (Å²) in [5.74, 6) is -1.34. The van der Waals surface area contributed by atoms with Crippen LogP contribution in [0.15, 0.2) is 24.3 Å². The van der Waals surface area contributed by atoms with Gasteiger partial charge in [-0.3, -0.25) is 23.7 Å². The Bertz CT molecular complexity index is 1690. The molecule has 3 N–H and O–H groups in total. The van der Waals surface area contributed by atoms with Crippen molar-refractivity contribution >= 4 is 52.6 Å². The Morgan fingerprint density at radius 2 is 1.65 bits per heavy atom. The van der Waals surface area contributed by atoms with E-state index in [2.05, 4.69) is 10.2 Å². The van der Waals surface area contributed by atoms with Gasteiger partial charge in [-0.05, 0) is 75.2 Å². The lowest BCUT2D eigenvalue weighted by Crippen LogP contribution is -2.63. The van der Waals surface area contributed by atoms with E-state index in [9.17, 15) is 32.5 Å². The number of nitrogens with one attached hydrogen (secondary N) is 1. The molecule has 5 saturated heterocycles. The summed E-state index contributed by atoms with van der Waals surface area (Å²) in [4.78, 5) is 80.6. The Hall–Kier alpha value is -3.01. The first-order valence-corrected chi connectivity index (χ1v) is 19.2. The second-order valence-electron chi connectivity index (χ2n) is 13.7. The molecule has 2 aromatic rings. The topological polar surface area (TPSA) is 160 Å². The molecule has 0 saturated carbocycles. The maximum atomic E-state index is 14.4. The van der Waals surface area contributed by atoms with Gasteiger partial charge >= 0.3 is 13.3 Å². The van der Waals surface area contributed by atoms with Gasteiger partial charge in [-0.15, -0.1) is 11.3 Å². The number of hydrogen-bond donors (Lipinski definition) is 3. The summed E-state index contributed by atoms with van der Waals surface area (Å²) in [6.45, 7) is 4.61. The monoisotopic (exact) mass is 723 g/mol. The number of carbonyl (C=O) groups is 4. The van der Waals surface area contributed by atoms with E-state index in [0.717, 1.165) is 49.4 Å². The van der Waals surface area contributed by atoms with Crippen molar-refractivity contribution in [1.82, 2.24) is 24.9 Å². The molecule has 1 aromatic heterocycles. The quantitative estimate of drug-likeness (QED) is 0.364. The van der Waals surface area contributed by atoms with E-state index in [-0.39, 0.29) is 46.0 Å². The smallest absolute Gasteiger partial charge is 0.378 e. The second-order valence-corrected chi connectivity index (χ2v) is 16.4. The number of benzene rings is 1. The number of halogens is 2. The molecule has 6 heterocycles. The number of thiophene rings is 1. The number of amides is 4. The maximum absolute atomic E-state index is 14.4. The van der Waals surface area contributed by atoms with Crippen LogP contribution in [0.25, 0.3) is 10.1 Å². The summed E-state index contributed by atoms with van der Waals surface area (Å²) in [6, 6.07) is 2.96. The van der Waals surface area contributed by atoms with Gasteiger partial charge < -0.3 is 39.4 Å². The van der Waals surface area contributed by atoms with Crippen LogP contribution in [0, 0.1) is 5.92 Å². The number of fused-ring (bicyclic) bond motifs is 2. The predicted octanol–water partition coefficient (Wildman–Crippen LogP) is 2.16. The predicted molar refractivity (Wildman–Crippen MR) is 174 cm³/mol. The van der Waals surface area contributed by atoms with Crippen LogP contribution in [-0.2, 0) is 29.3 Å². The molecule has 4 amide bonds. The minimum Gasteiger partial charge on any atom is -0.378 e. The molecule has 5 fully saturated rings. The molecule has 5 aliphatic heterocycles. The minimum absolute atomic E-state index is 0.0205. The number of ether oxygens (including phenoxy) is 1. The fourth-order valence-electron chi connectivity index (χ4n) is 7.76. The highest BCUT2D eigenvalue weighted by Gasteiger charge is 2.51. The zero-order valence-corrected chi connectivity index (χ0v) is 28.6. The lowest BCUT2D eigenvalue weighted by Gasteiger charge is -2.46. The molecular formula is C32H40F2N5O8PS. The van der Waals surface area contributed by atoms with Crippen LogP contribution in [0.1, 0.15) is 53.8 Å². The SMILES string of the molecule is O=C(N[C@H]1CC[C@H](N2CCC2)C[C@H]2CC[C@@H](C(=O)N3CC(C(=O)N4CCOCC4)C3)N2C1=O)c1cc2cc(C(F)(F)P(=O)(O)O)ccc2s1. The Morgan fingerprint density at radius 1 is 0.939 bits per heavy atom. The summed E-state index contributed by atoms with van der Waals surface area (Å²) < 4.78 is 45.9. The fraction of sp³-hybridized carbons (Fsp3) is 0.625. The third kappa shape index (κ3) is 6.51. The third-order valence-corrected chi connectivity index (χ3v) is 12.8. The molecule has 17 heteroatoms. The van der Waals surface area contributed by atoms with Gasteiger partial charge in [0.2, 0.25) is 17.7 Å². The maximum Gasteiger partial charge on any atom is 0.399 e. The first-order valence-electron chi connectivity index (χ1n) is 16.8. The van der Waals surface area contributed by atoms with Crippen LogP contribution in [0.5, 0.6) is 0 Å². The van der Waals surface area contributed by atoms with Gasteiger partial charge in [-0.1, -0.05) is 6.07 Å². The molecule has 266 valence electrons. The van der Waals surface area contributed by atoms with Crippen LogP contribution in [0.3, 0.4) is 0 Å². The van der Waals surface area contributed by atoms with Crippen molar-refractivity contribution in [3.63, 3.8) is 0 Å². The van der Waals surface area contributed by atoms with Crippen molar-refractivity contribution < 1.29 is 47.0 Å². The second kappa shape index (κ2) is 13.3. The number of likely N-dealkylation sites (tertiary alicyclic amines) is 2. The van der Waals surface area contributed by atoms with E-state index in [4.69, 9.17) is 14.5 Å². The van der Waals surface area contributed by atoms with Crippen molar-refractivity contribution in [2.75, 3.05) is 52.5 Å². The zero-order chi connectivity index (χ0) is 34.7. The van der Waals surface area contributed by atoms with Gasteiger partial charge in [-0.25, -0.2) is 0 Å². The van der Waals surface area contributed by atoms with Crippen molar-refractivity contribution in [1.29, 1.82) is 0 Å². The van der Waals surface area contributed by atoms with E-state index in [0.29, 0.717) is 69.8 Å². The Kier molecular flexibility index (Phi) is 9.33. The van der Waals surface area contributed by atoms with E-state index >= 15 is 0 Å². The summed E-state index contributed by atoms with van der Waals surface area (Å²) in [5, 5.41) is 3.09. The Morgan fingerprint density at radius 3 is 2.33 bits per heavy atom. The van der Waals surface area contributed by atoms with E-state index in [1.165, 1.54) is 12.1 Å². The molecule has 5 aliphatic rings. The largest absolute Gasteiger partial charge is 0.399 e. The molecule has 49 heavy (non-hydrogen) atoms. The Labute approximate surface area is 285 Å². The number of morpholine rings is 1. The van der Waals surface area contributed by atoms with Gasteiger partial charge in [0.15, 0.2) is 0 Å². The summed E-state index contributed by atoms with van der Waals surface area (Å²) in [5.41, 5.74) is -5.25. The van der Waals surface area contributed by atoms with Crippen LogP contribution >= 0.6 is 18.9 Å². The van der Waals surface area contributed by atoms with Crippen molar-refractivity contribution in [3.8, 4) is 0 Å². The average molecular weight is 724 g/mol. The fourth-order valence-corrected chi connectivity index (χ4v) is 9.19. The van der Waals surface area contributed by atoms with Crippen LogP contribution < -0.4 is 5.32 Å². The first kappa shape index (κ1) is 34.4. The van der Waals surface area contributed by atoms with Gasteiger partial charge in [0.05, 0.1) is 24.0 Å². The highest BCUT2D eigenvalue weighted by atomic mass is 32.1. The molecule has 0 spiro atoms. The lowest BCUT2D eigenvalue weighted by atomic mass is 9.91. The van der Waals surface area contributed by atoms with Gasteiger partial charge in [0.25, 0.3) is 5.91 Å². The highest BCUT2D eigenvalue weighted by Crippen LogP contribution is 2.59. The summed E-state index contributed by atoms with van der Waals surface area (Å²) >= 11 is 1.02. The number of hydrogen-bond acceptors (Lipinski definition) is 8. The van der Waals surface area contributed by atoms with Crippen molar-refractivity contribution in [3.05, 3.63) is 34.7 Å². The van der Waals surface area contributed by atoms with E-state index < -0.39 is 36.8 Å². The van der Waals surface area contributed by atoms with Gasteiger partial charge in [-0.2, -0.15) is 8.78 Å². The summed E-state index contributed by atoms with van der Waals surface area (Å²) in [7, 11) is -5.77. The highest BCUT2D eigenvalue weighted by molar-refractivity contribution is 7.52. The van der Waals surface area contributed by atoms with Crippen LogP contribution in [-0.4, -0.2) is 130 Å². The number of alkyl halides is 2. The molecule has 4 atom stereocenters. The number of nitrogens with zero attached hydrogens (tertiary/aromatic N) is 4. The molecular weight excluding hydrogens is 683 g/mol. The number of rotatable bonds is 7. The third-order valence-electron chi connectivity index (χ3n) is 10.7. The molecule has 7 rings (SSSR count). The van der Waals surface area contributed by atoms with Crippen molar-refractivity contribution in [2.24, 2.45) is 5.92 Å². The zero-order valence-electron chi connectivity index (χ0n) is 26.8. The molecule has 0 radical (unpaired) electrons. The van der Waals surface area contributed by atoms with Gasteiger partial charge in [0, 0.05) is 48.5 Å². The molecule has 13 nitrogen and oxygen atoms in total. The number of carbonyl (C=O) groups excluding carboxylic acids is 4. The average Bonchev–Trinajstić information content (AvgIpc) is 3.64. The lowest BCUT2D eigenvalue weighted by molar-refractivity contribution is -0.157. The van der Waals surface area contributed by atoms with Gasteiger partial charge in [0.1, 0.15) is 12.1 Å². The molecule has 0 bridgehead atoms. The van der Waals surface area contributed by atoms with E-state index in [1.54, 1.807) is 14.7 Å². The van der Waals surface area contributed by atoms with Crippen LogP contribution in [0.4, 0.5) is 8.78 Å². The minimum atomic E-state index is -5.77. The molecule has 1 aromatic carbocycles. The van der Waals surface area contributed by atoms with Crippen LogP contribution in [0.2, 0.25) is 0 Å². The van der Waals surface area contributed by atoms with Crippen molar-refractivity contribution in [2.45, 2.75) is 68.4 Å². The first-order chi connectivity index (χ1) is 23.3. The normalized spacial score (nSPS) is 27.3. The Balaban J connectivity index is 1.07. The standard InChI is InChI=1S/C32H40F2N5O8PS/c33-32(34,48(44,45)46)21-2-7-26-19(14-21)15-27(49-26)28(40)35-24-5-3-22(36-8-1-9-36)16-23-4-6-25(39(23)30(24)42)31(43)38-17-20(18-38)29(41)37-10-12-47-13-11-37/h2,7,14-15,20,22-25H,1,3-6,8-13,16-18H2,(H,35,40)(H2,44,45,46)/t22-,23+,24-,25-/m0/s1. The summed E-state index contributed by atoms with van der Waals surface area (Å²) in [6.07, 6.45) is 4.04. The molecule has 0 aliphatic carbocycles.